The molecule has 84 valence electrons. The molecule has 6 nitrogen and oxygen atoms in total. The Morgan fingerprint density at radius 2 is 2.07 bits per heavy atom. The maximum Gasteiger partial charge on any atom is 0.241 e. The van der Waals surface area contributed by atoms with E-state index in [1.54, 1.807) is 0 Å². The topological polar surface area (TPSA) is 73.7 Å². The van der Waals surface area contributed by atoms with Gasteiger partial charge >= 0.3 is 0 Å². The lowest BCUT2D eigenvalue weighted by atomic mass is 10.2. The Morgan fingerprint density at radius 1 is 1.33 bits per heavy atom. The van der Waals surface area contributed by atoms with Crippen molar-refractivity contribution in [1.82, 2.24) is 9.97 Å². The zero-order valence-corrected chi connectivity index (χ0v) is 8.93. The minimum absolute atomic E-state index is 0.136. The van der Waals surface area contributed by atoms with Crippen LogP contribution in [0.1, 0.15) is 11.8 Å². The fourth-order valence-electron chi connectivity index (χ4n) is 1.08. The molecular weight excluding hydrogens is 200 g/mol. The average molecular weight is 214 g/mol. The summed E-state index contributed by atoms with van der Waals surface area (Å²) in [4.78, 5) is 7.99. The van der Waals surface area contributed by atoms with E-state index in [4.69, 9.17) is 14.2 Å². The quantitative estimate of drug-likeness (QED) is 0.753. The van der Waals surface area contributed by atoms with Gasteiger partial charge in [0.1, 0.15) is 11.8 Å². The third-order valence-corrected chi connectivity index (χ3v) is 1.79. The summed E-state index contributed by atoms with van der Waals surface area (Å²) in [7, 11) is 4.42. The summed E-state index contributed by atoms with van der Waals surface area (Å²) in [6.07, 6.45) is 0.555. The maximum atomic E-state index is 9.65. The van der Waals surface area contributed by atoms with Gasteiger partial charge in [0.05, 0.1) is 27.0 Å². The van der Waals surface area contributed by atoms with Gasteiger partial charge < -0.3 is 19.3 Å². The van der Waals surface area contributed by atoms with Gasteiger partial charge in [-0.3, -0.25) is 0 Å². The summed E-state index contributed by atoms with van der Waals surface area (Å²) in [6.45, 7) is 0.136. The molecule has 0 saturated heterocycles. The highest BCUT2D eigenvalue weighted by Gasteiger charge is 2.17. The third kappa shape index (κ3) is 2.77. The maximum absolute atomic E-state index is 9.65. The van der Waals surface area contributed by atoms with Gasteiger partial charge in [0.15, 0.2) is 0 Å². The molecule has 6 heteroatoms. The number of aliphatic hydroxyl groups excluding tert-OH is 1. The van der Waals surface area contributed by atoms with E-state index in [0.717, 1.165) is 0 Å². The van der Waals surface area contributed by atoms with Crippen LogP contribution in [0.15, 0.2) is 6.20 Å². The molecule has 0 aliphatic carbocycles. The first kappa shape index (κ1) is 11.7. The first-order valence-electron chi connectivity index (χ1n) is 4.34. The Kier molecular flexibility index (Phi) is 4.26. The minimum Gasteiger partial charge on any atom is -0.480 e. The van der Waals surface area contributed by atoms with Crippen LogP contribution in [0.5, 0.6) is 11.8 Å². The molecule has 15 heavy (non-hydrogen) atoms. The Bertz CT molecular complexity index is 319. The molecule has 0 bridgehead atoms. The van der Waals surface area contributed by atoms with Gasteiger partial charge in [-0.1, -0.05) is 0 Å². The summed E-state index contributed by atoms with van der Waals surface area (Å²) in [5.41, 5.74) is 0.333. The summed E-state index contributed by atoms with van der Waals surface area (Å²) in [5, 5.41) is 9.65. The number of aliphatic hydroxyl groups is 1. The molecule has 1 heterocycles. The predicted molar refractivity (Wildman–Crippen MR) is 52.0 cm³/mol. The smallest absolute Gasteiger partial charge is 0.241 e. The van der Waals surface area contributed by atoms with Gasteiger partial charge in [0, 0.05) is 7.11 Å². The van der Waals surface area contributed by atoms with Crippen molar-refractivity contribution in [2.45, 2.75) is 6.10 Å². The van der Waals surface area contributed by atoms with E-state index >= 15 is 0 Å². The van der Waals surface area contributed by atoms with Gasteiger partial charge in [-0.05, 0) is 0 Å². The molecule has 1 aromatic heterocycles. The van der Waals surface area contributed by atoms with E-state index in [0.29, 0.717) is 11.6 Å². The first-order chi connectivity index (χ1) is 7.22. The van der Waals surface area contributed by atoms with Crippen LogP contribution in [-0.2, 0) is 4.74 Å². The van der Waals surface area contributed by atoms with E-state index in [1.807, 2.05) is 0 Å². The van der Waals surface area contributed by atoms with Crippen molar-refractivity contribution < 1.29 is 19.3 Å². The van der Waals surface area contributed by atoms with Gasteiger partial charge in [0.25, 0.3) is 0 Å². The molecule has 0 amide bonds. The molecule has 1 N–H and O–H groups in total. The molecule has 0 aromatic carbocycles. The van der Waals surface area contributed by atoms with Gasteiger partial charge in [-0.2, -0.15) is 4.98 Å². The van der Waals surface area contributed by atoms with Crippen LogP contribution in [0, 0.1) is 0 Å². The van der Waals surface area contributed by atoms with Crippen molar-refractivity contribution in [3.63, 3.8) is 0 Å². The van der Waals surface area contributed by atoms with E-state index in [1.165, 1.54) is 27.5 Å². The number of ether oxygens (including phenoxy) is 3. The van der Waals surface area contributed by atoms with Gasteiger partial charge in [-0.15, -0.1) is 0 Å². The Morgan fingerprint density at radius 3 is 2.60 bits per heavy atom. The largest absolute Gasteiger partial charge is 0.480 e. The lowest BCUT2D eigenvalue weighted by Crippen LogP contribution is -2.10. The van der Waals surface area contributed by atoms with Gasteiger partial charge in [-0.25, -0.2) is 4.98 Å². The Labute approximate surface area is 87.8 Å². The molecule has 1 aromatic rings. The van der Waals surface area contributed by atoms with Crippen molar-refractivity contribution in [2.24, 2.45) is 0 Å². The number of hydrogen-bond donors (Lipinski definition) is 1. The zero-order valence-electron chi connectivity index (χ0n) is 8.93. The highest BCUT2D eigenvalue weighted by molar-refractivity contribution is 5.24. The normalized spacial score (nSPS) is 12.3. The van der Waals surface area contributed by atoms with Crippen LogP contribution in [0.3, 0.4) is 0 Å². The number of hydrogen-bond acceptors (Lipinski definition) is 6. The molecule has 1 atom stereocenters. The summed E-state index contributed by atoms with van der Waals surface area (Å²) >= 11 is 0. The fraction of sp³-hybridized carbons (Fsp3) is 0.556. The lowest BCUT2D eigenvalue weighted by molar-refractivity contribution is 0.0593. The fourth-order valence-corrected chi connectivity index (χ4v) is 1.08. The first-order valence-corrected chi connectivity index (χ1v) is 4.34. The Balaban J connectivity index is 2.96. The summed E-state index contributed by atoms with van der Waals surface area (Å²) < 4.78 is 14.7. The Hall–Kier alpha value is -1.40. The molecule has 0 spiro atoms. The molecule has 1 unspecified atom stereocenters. The molecule has 0 saturated carbocycles. The van der Waals surface area contributed by atoms with E-state index in [-0.39, 0.29) is 12.5 Å². The SMILES string of the molecule is COCC(O)c1ncc(OC)nc1OC. The van der Waals surface area contributed by atoms with E-state index in [2.05, 4.69) is 9.97 Å². The van der Waals surface area contributed by atoms with Crippen LogP contribution in [0.25, 0.3) is 0 Å². The van der Waals surface area contributed by atoms with Crippen molar-refractivity contribution >= 4 is 0 Å². The number of methoxy groups -OCH3 is 3. The van der Waals surface area contributed by atoms with Crippen molar-refractivity contribution in [2.75, 3.05) is 27.9 Å². The molecule has 0 radical (unpaired) electrons. The third-order valence-electron chi connectivity index (χ3n) is 1.79. The van der Waals surface area contributed by atoms with Crippen LogP contribution in [-0.4, -0.2) is 43.0 Å². The molecule has 0 aliphatic heterocycles. The molecule has 1 rings (SSSR count). The van der Waals surface area contributed by atoms with Crippen molar-refractivity contribution in [3.8, 4) is 11.8 Å². The second-order valence-electron chi connectivity index (χ2n) is 2.78. The highest BCUT2D eigenvalue weighted by Crippen LogP contribution is 2.22. The second-order valence-corrected chi connectivity index (χ2v) is 2.78. The highest BCUT2D eigenvalue weighted by atomic mass is 16.5. The molecule has 0 fully saturated rings. The number of nitrogens with zero attached hydrogens (tertiary/aromatic N) is 2. The lowest BCUT2D eigenvalue weighted by Gasteiger charge is -2.12. The van der Waals surface area contributed by atoms with Gasteiger partial charge in [0.2, 0.25) is 11.8 Å². The van der Waals surface area contributed by atoms with E-state index in [9.17, 15) is 5.11 Å². The van der Waals surface area contributed by atoms with Crippen LogP contribution in [0.2, 0.25) is 0 Å². The number of rotatable bonds is 5. The molecular formula is C9H14N2O4. The van der Waals surface area contributed by atoms with E-state index < -0.39 is 6.10 Å². The standard InChI is InChI=1S/C9H14N2O4/c1-13-5-6(12)8-9(15-3)11-7(14-2)4-10-8/h4,6,12H,5H2,1-3H3. The van der Waals surface area contributed by atoms with Crippen molar-refractivity contribution in [3.05, 3.63) is 11.9 Å². The predicted octanol–water partition coefficient (Wildman–Crippen LogP) is 0.174. The number of aromatic nitrogens is 2. The zero-order chi connectivity index (χ0) is 11.3. The summed E-state index contributed by atoms with van der Waals surface area (Å²) in [5.74, 6) is 0.569. The summed E-state index contributed by atoms with van der Waals surface area (Å²) in [6, 6.07) is 0. The monoisotopic (exact) mass is 214 g/mol. The van der Waals surface area contributed by atoms with Crippen molar-refractivity contribution in [1.29, 1.82) is 0 Å². The second kappa shape index (κ2) is 5.47. The average Bonchev–Trinajstić information content (AvgIpc) is 2.28. The van der Waals surface area contributed by atoms with Crippen LogP contribution < -0.4 is 9.47 Å². The van der Waals surface area contributed by atoms with Crippen LogP contribution in [0.4, 0.5) is 0 Å². The van der Waals surface area contributed by atoms with Crippen LogP contribution >= 0.6 is 0 Å². The minimum atomic E-state index is -0.858. The molecule has 0 aliphatic rings.